The Morgan fingerprint density at radius 1 is 1.06 bits per heavy atom. The minimum atomic E-state index is 0.780. The van der Waals surface area contributed by atoms with Crippen molar-refractivity contribution < 1.29 is 0 Å². The third kappa shape index (κ3) is 2.12. The first-order valence-electron chi connectivity index (χ1n) is 6.08. The molecule has 3 heteroatoms. The van der Waals surface area contributed by atoms with Gasteiger partial charge in [-0.15, -0.1) is 0 Å². The van der Waals surface area contributed by atoms with E-state index in [1.54, 1.807) is 0 Å². The first-order chi connectivity index (χ1) is 8.70. The number of benzene rings is 1. The van der Waals surface area contributed by atoms with Crippen molar-refractivity contribution in [3.05, 3.63) is 65.1 Å². The van der Waals surface area contributed by atoms with Crippen molar-refractivity contribution >= 4 is 5.65 Å². The van der Waals surface area contributed by atoms with E-state index in [2.05, 4.69) is 48.2 Å². The number of hydrogen-bond acceptors (Lipinski definition) is 2. The number of fused-ring (bicyclic) bond motifs is 1. The van der Waals surface area contributed by atoms with Crippen LogP contribution in [0.1, 0.15) is 22.5 Å². The van der Waals surface area contributed by atoms with Gasteiger partial charge in [-0.25, -0.2) is 9.50 Å². The maximum absolute atomic E-state index is 4.55. The molecule has 0 aliphatic carbocycles. The maximum Gasteiger partial charge on any atom is 0.156 e. The topological polar surface area (TPSA) is 30.2 Å². The van der Waals surface area contributed by atoms with E-state index in [1.165, 1.54) is 16.7 Å². The lowest BCUT2D eigenvalue weighted by Crippen LogP contribution is -1.92. The van der Waals surface area contributed by atoms with Crippen LogP contribution in [-0.4, -0.2) is 14.6 Å². The normalized spacial score (nSPS) is 11.0. The Morgan fingerprint density at radius 2 is 1.89 bits per heavy atom. The molecule has 90 valence electrons. The molecule has 0 bridgehead atoms. The lowest BCUT2D eigenvalue weighted by atomic mass is 10.1. The van der Waals surface area contributed by atoms with Crippen LogP contribution in [0, 0.1) is 13.8 Å². The first-order valence-corrected chi connectivity index (χ1v) is 6.08. The standard InChI is InChI=1S/C15H15N3/c1-11-4-3-5-13(8-11)10-14-16-15-9-12(2)6-7-18(15)17-14/h3-9H,10H2,1-2H3. The molecule has 0 spiro atoms. The average molecular weight is 237 g/mol. The summed E-state index contributed by atoms with van der Waals surface area (Å²) in [4.78, 5) is 4.55. The van der Waals surface area contributed by atoms with Gasteiger partial charge in [-0.2, -0.15) is 5.10 Å². The van der Waals surface area contributed by atoms with Crippen LogP contribution in [-0.2, 0) is 6.42 Å². The third-order valence-corrected chi connectivity index (χ3v) is 2.98. The number of nitrogens with zero attached hydrogens (tertiary/aromatic N) is 3. The average Bonchev–Trinajstić information content (AvgIpc) is 2.70. The Labute approximate surface area is 106 Å². The second-order valence-electron chi connectivity index (χ2n) is 4.70. The van der Waals surface area contributed by atoms with Crippen LogP contribution >= 0.6 is 0 Å². The van der Waals surface area contributed by atoms with Crippen LogP contribution in [0.15, 0.2) is 42.6 Å². The SMILES string of the molecule is Cc1cccc(Cc2nc3cc(C)ccn3n2)c1. The Morgan fingerprint density at radius 3 is 2.72 bits per heavy atom. The van der Waals surface area contributed by atoms with Crippen molar-refractivity contribution in [1.29, 1.82) is 0 Å². The third-order valence-electron chi connectivity index (χ3n) is 2.98. The molecule has 0 fully saturated rings. The van der Waals surface area contributed by atoms with Gasteiger partial charge in [-0.3, -0.25) is 0 Å². The summed E-state index contributed by atoms with van der Waals surface area (Å²) < 4.78 is 1.83. The number of rotatable bonds is 2. The van der Waals surface area contributed by atoms with Crippen molar-refractivity contribution in [3.63, 3.8) is 0 Å². The van der Waals surface area contributed by atoms with Crippen LogP contribution in [0.3, 0.4) is 0 Å². The van der Waals surface area contributed by atoms with Gasteiger partial charge in [0.05, 0.1) is 0 Å². The molecule has 0 N–H and O–H groups in total. The second kappa shape index (κ2) is 4.26. The maximum atomic E-state index is 4.55. The summed E-state index contributed by atoms with van der Waals surface area (Å²) in [5.41, 5.74) is 4.64. The monoisotopic (exact) mass is 237 g/mol. The van der Waals surface area contributed by atoms with Gasteiger partial charge in [0, 0.05) is 12.6 Å². The summed E-state index contributed by atoms with van der Waals surface area (Å²) in [5.74, 6) is 0.867. The van der Waals surface area contributed by atoms with Crippen LogP contribution in [0.4, 0.5) is 0 Å². The van der Waals surface area contributed by atoms with E-state index >= 15 is 0 Å². The highest BCUT2D eigenvalue weighted by Gasteiger charge is 2.04. The number of aryl methyl sites for hydroxylation is 2. The molecular formula is C15H15N3. The molecule has 0 aliphatic rings. The molecule has 3 aromatic rings. The zero-order chi connectivity index (χ0) is 12.5. The van der Waals surface area contributed by atoms with Crippen molar-refractivity contribution in [3.8, 4) is 0 Å². The fraction of sp³-hybridized carbons (Fsp3) is 0.200. The van der Waals surface area contributed by atoms with Crippen molar-refractivity contribution in [2.24, 2.45) is 0 Å². The van der Waals surface area contributed by atoms with E-state index in [1.807, 2.05) is 22.8 Å². The van der Waals surface area contributed by atoms with Crippen LogP contribution in [0.25, 0.3) is 5.65 Å². The number of pyridine rings is 1. The minimum absolute atomic E-state index is 0.780. The molecule has 3 rings (SSSR count). The van der Waals surface area contributed by atoms with Crippen LogP contribution < -0.4 is 0 Å². The van der Waals surface area contributed by atoms with Gasteiger partial charge >= 0.3 is 0 Å². The Bertz CT molecular complexity index is 698. The Kier molecular flexibility index (Phi) is 2.59. The van der Waals surface area contributed by atoms with Gasteiger partial charge < -0.3 is 0 Å². The van der Waals surface area contributed by atoms with Gasteiger partial charge in [0.25, 0.3) is 0 Å². The first kappa shape index (κ1) is 11.0. The lowest BCUT2D eigenvalue weighted by Gasteiger charge is -1.98. The number of aromatic nitrogens is 3. The van der Waals surface area contributed by atoms with E-state index in [4.69, 9.17) is 0 Å². The predicted molar refractivity (Wildman–Crippen MR) is 71.7 cm³/mol. The molecule has 0 atom stereocenters. The summed E-state index contributed by atoms with van der Waals surface area (Å²) in [6.07, 6.45) is 2.74. The van der Waals surface area contributed by atoms with Crippen molar-refractivity contribution in [2.75, 3.05) is 0 Å². The molecule has 0 radical (unpaired) electrons. The second-order valence-corrected chi connectivity index (χ2v) is 4.70. The van der Waals surface area contributed by atoms with Crippen LogP contribution in [0.5, 0.6) is 0 Å². The fourth-order valence-electron chi connectivity index (χ4n) is 2.11. The largest absolute Gasteiger partial charge is 0.221 e. The molecule has 3 nitrogen and oxygen atoms in total. The summed E-state index contributed by atoms with van der Waals surface area (Å²) >= 11 is 0. The Hall–Kier alpha value is -2.16. The van der Waals surface area contributed by atoms with E-state index < -0.39 is 0 Å². The Balaban J connectivity index is 1.95. The minimum Gasteiger partial charge on any atom is -0.221 e. The molecule has 0 saturated heterocycles. The molecule has 2 heterocycles. The molecule has 0 aliphatic heterocycles. The molecule has 0 amide bonds. The molecule has 2 aromatic heterocycles. The van der Waals surface area contributed by atoms with Gasteiger partial charge in [-0.05, 0) is 37.1 Å². The molecule has 1 aromatic carbocycles. The molecule has 0 unspecified atom stereocenters. The van der Waals surface area contributed by atoms with Crippen molar-refractivity contribution in [2.45, 2.75) is 20.3 Å². The van der Waals surface area contributed by atoms with Gasteiger partial charge in [0.15, 0.2) is 11.5 Å². The lowest BCUT2D eigenvalue weighted by molar-refractivity contribution is 0.898. The quantitative estimate of drug-likeness (QED) is 0.686. The summed E-state index contributed by atoms with van der Waals surface area (Å²) in [6, 6.07) is 12.6. The van der Waals surface area contributed by atoms with E-state index in [-0.39, 0.29) is 0 Å². The number of hydrogen-bond donors (Lipinski definition) is 0. The molecule has 18 heavy (non-hydrogen) atoms. The van der Waals surface area contributed by atoms with Crippen molar-refractivity contribution in [1.82, 2.24) is 14.6 Å². The zero-order valence-electron chi connectivity index (χ0n) is 10.6. The van der Waals surface area contributed by atoms with E-state index in [0.29, 0.717) is 0 Å². The fourth-order valence-corrected chi connectivity index (χ4v) is 2.11. The predicted octanol–water partition coefficient (Wildman–Crippen LogP) is 2.94. The van der Waals surface area contributed by atoms with Crippen LogP contribution in [0.2, 0.25) is 0 Å². The highest BCUT2D eigenvalue weighted by molar-refractivity contribution is 5.40. The van der Waals surface area contributed by atoms with Gasteiger partial charge in [0.1, 0.15) is 0 Å². The summed E-state index contributed by atoms with van der Waals surface area (Å²) in [7, 11) is 0. The van der Waals surface area contributed by atoms with E-state index in [0.717, 1.165) is 17.9 Å². The molecular weight excluding hydrogens is 222 g/mol. The smallest absolute Gasteiger partial charge is 0.156 e. The highest BCUT2D eigenvalue weighted by Crippen LogP contribution is 2.10. The highest BCUT2D eigenvalue weighted by atomic mass is 15.3. The summed E-state index contributed by atoms with van der Waals surface area (Å²) in [5, 5.41) is 4.48. The van der Waals surface area contributed by atoms with Gasteiger partial charge in [-0.1, -0.05) is 29.8 Å². The van der Waals surface area contributed by atoms with E-state index in [9.17, 15) is 0 Å². The zero-order valence-corrected chi connectivity index (χ0v) is 10.6. The summed E-state index contributed by atoms with van der Waals surface area (Å²) in [6.45, 7) is 4.17. The van der Waals surface area contributed by atoms with Gasteiger partial charge in [0.2, 0.25) is 0 Å². The molecule has 0 saturated carbocycles.